The maximum Gasteiger partial charge on any atom is 0.407 e. The van der Waals surface area contributed by atoms with Crippen molar-refractivity contribution in [1.29, 1.82) is 0 Å². The first-order valence-corrected chi connectivity index (χ1v) is 9.17. The Morgan fingerprint density at radius 1 is 1.03 bits per heavy atom. The highest BCUT2D eigenvalue weighted by Crippen LogP contribution is 2.44. The number of carboxylic acids is 1. The minimum atomic E-state index is -4.37. The number of fused-ring (bicyclic) bond motifs is 3. The van der Waals surface area contributed by atoms with Crippen molar-refractivity contribution in [3.8, 4) is 11.1 Å². The number of alkyl carbamates (subject to hydrolysis) is 1. The predicted octanol–water partition coefficient (Wildman–Crippen LogP) is 4.71. The number of carboxylic acid groups (broad SMARTS) is 1. The number of nitrogens with one attached hydrogen (secondary N) is 1. The number of carbonyl (C=O) groups excluding carboxylic acids is 1. The molecule has 0 saturated carbocycles. The van der Waals surface area contributed by atoms with E-state index in [-0.39, 0.29) is 18.9 Å². The van der Waals surface area contributed by atoms with Gasteiger partial charge >= 0.3 is 18.2 Å². The van der Waals surface area contributed by atoms with Gasteiger partial charge in [-0.15, -0.1) is 0 Å². The Kier molecular flexibility index (Phi) is 6.10. The summed E-state index contributed by atoms with van der Waals surface area (Å²) in [5, 5.41) is 11.3. The van der Waals surface area contributed by atoms with E-state index in [2.05, 4.69) is 5.32 Å². The molecule has 2 aromatic rings. The first-order chi connectivity index (χ1) is 13.8. The molecule has 3 rings (SSSR count). The molecule has 1 unspecified atom stereocenters. The molecule has 0 aromatic heterocycles. The van der Waals surface area contributed by atoms with Crippen molar-refractivity contribution in [1.82, 2.24) is 5.32 Å². The van der Waals surface area contributed by atoms with Gasteiger partial charge in [0.1, 0.15) is 12.6 Å². The van der Waals surface area contributed by atoms with E-state index in [9.17, 15) is 22.8 Å². The highest BCUT2D eigenvalue weighted by Gasteiger charge is 2.31. The summed E-state index contributed by atoms with van der Waals surface area (Å²) < 4.78 is 42.0. The van der Waals surface area contributed by atoms with Gasteiger partial charge in [-0.1, -0.05) is 48.5 Å². The molecule has 2 N–H and O–H groups in total. The molecule has 0 spiro atoms. The Balaban J connectivity index is 1.61. The zero-order chi connectivity index (χ0) is 21.0. The Bertz CT molecular complexity index is 852. The molecule has 0 bridgehead atoms. The van der Waals surface area contributed by atoms with Gasteiger partial charge in [0.05, 0.1) is 0 Å². The smallest absolute Gasteiger partial charge is 0.407 e. The Labute approximate surface area is 165 Å². The highest BCUT2D eigenvalue weighted by atomic mass is 19.4. The van der Waals surface area contributed by atoms with Crippen LogP contribution in [0.2, 0.25) is 0 Å². The molecule has 0 radical (unpaired) electrons. The van der Waals surface area contributed by atoms with E-state index in [0.717, 1.165) is 22.3 Å². The molecule has 1 aliphatic carbocycles. The SMILES string of the molecule is O=C(NC(CCCC(F)(F)F)C(=O)O)OCC1c2ccccc2-c2ccccc21. The van der Waals surface area contributed by atoms with Crippen LogP contribution in [0.3, 0.4) is 0 Å². The monoisotopic (exact) mass is 407 g/mol. The van der Waals surface area contributed by atoms with Crippen molar-refractivity contribution >= 4 is 12.1 Å². The van der Waals surface area contributed by atoms with Gasteiger partial charge in [0.15, 0.2) is 0 Å². The molecule has 0 fully saturated rings. The lowest BCUT2D eigenvalue weighted by Gasteiger charge is -2.17. The number of rotatable bonds is 7. The second kappa shape index (κ2) is 8.55. The van der Waals surface area contributed by atoms with Crippen molar-refractivity contribution in [2.24, 2.45) is 0 Å². The summed E-state index contributed by atoms with van der Waals surface area (Å²) in [7, 11) is 0. The lowest BCUT2D eigenvalue weighted by atomic mass is 9.98. The first kappa shape index (κ1) is 20.7. The van der Waals surface area contributed by atoms with Crippen LogP contribution in [-0.4, -0.2) is 36.0 Å². The summed E-state index contributed by atoms with van der Waals surface area (Å²) in [6.45, 7) is -0.00521. The average Bonchev–Trinajstić information content (AvgIpc) is 2.98. The van der Waals surface area contributed by atoms with Crippen LogP contribution in [0.5, 0.6) is 0 Å². The molecule has 1 amide bonds. The number of ether oxygens (including phenoxy) is 1. The zero-order valence-electron chi connectivity index (χ0n) is 15.4. The topological polar surface area (TPSA) is 75.6 Å². The second-order valence-corrected chi connectivity index (χ2v) is 6.87. The predicted molar refractivity (Wildman–Crippen MR) is 99.5 cm³/mol. The molecule has 0 aliphatic heterocycles. The lowest BCUT2D eigenvalue weighted by molar-refractivity contribution is -0.143. The molecular formula is C21H20F3NO4. The van der Waals surface area contributed by atoms with Crippen LogP contribution < -0.4 is 5.32 Å². The van der Waals surface area contributed by atoms with Crippen molar-refractivity contribution in [3.05, 3.63) is 59.7 Å². The molecule has 154 valence electrons. The van der Waals surface area contributed by atoms with E-state index in [0.29, 0.717) is 0 Å². The maximum atomic E-state index is 12.2. The molecule has 0 saturated heterocycles. The van der Waals surface area contributed by atoms with E-state index in [1.54, 1.807) is 0 Å². The minimum absolute atomic E-state index is 0.00521. The summed E-state index contributed by atoms with van der Waals surface area (Å²) in [5.74, 6) is -1.60. The van der Waals surface area contributed by atoms with Crippen molar-refractivity contribution < 1.29 is 32.6 Å². The average molecular weight is 407 g/mol. The van der Waals surface area contributed by atoms with Gasteiger partial charge in [0.2, 0.25) is 0 Å². The van der Waals surface area contributed by atoms with Crippen LogP contribution in [0.15, 0.2) is 48.5 Å². The summed E-state index contributed by atoms with van der Waals surface area (Å²) in [6, 6.07) is 14.0. The molecule has 2 aromatic carbocycles. The lowest BCUT2D eigenvalue weighted by Crippen LogP contribution is -2.41. The number of hydrogen-bond donors (Lipinski definition) is 2. The van der Waals surface area contributed by atoms with Crippen LogP contribution in [-0.2, 0) is 9.53 Å². The largest absolute Gasteiger partial charge is 0.480 e. The number of alkyl halides is 3. The summed E-state index contributed by atoms with van der Waals surface area (Å²) in [5.41, 5.74) is 4.10. The van der Waals surface area contributed by atoms with Gasteiger partial charge in [-0.25, -0.2) is 9.59 Å². The van der Waals surface area contributed by atoms with Crippen molar-refractivity contribution in [2.45, 2.75) is 37.4 Å². The van der Waals surface area contributed by atoms with Crippen LogP contribution in [0.1, 0.15) is 36.3 Å². The number of hydrogen-bond acceptors (Lipinski definition) is 3. The molecule has 1 aliphatic rings. The van der Waals surface area contributed by atoms with E-state index in [1.165, 1.54) is 0 Å². The molecule has 29 heavy (non-hydrogen) atoms. The van der Waals surface area contributed by atoms with Gasteiger partial charge in [-0.3, -0.25) is 0 Å². The molecule has 5 nitrogen and oxygen atoms in total. The fourth-order valence-corrected chi connectivity index (χ4v) is 3.55. The summed E-state index contributed by atoms with van der Waals surface area (Å²) in [4.78, 5) is 23.3. The van der Waals surface area contributed by atoms with Crippen molar-refractivity contribution in [3.63, 3.8) is 0 Å². The van der Waals surface area contributed by atoms with E-state index >= 15 is 0 Å². The molecule has 0 heterocycles. The summed E-state index contributed by atoms with van der Waals surface area (Å²) in [6.07, 6.45) is -7.18. The zero-order valence-corrected chi connectivity index (χ0v) is 15.4. The Morgan fingerprint density at radius 3 is 2.10 bits per heavy atom. The van der Waals surface area contributed by atoms with Gasteiger partial charge in [0, 0.05) is 12.3 Å². The third-order valence-corrected chi connectivity index (χ3v) is 4.89. The number of amides is 1. The first-order valence-electron chi connectivity index (χ1n) is 9.17. The molecule has 1 atom stereocenters. The highest BCUT2D eigenvalue weighted by molar-refractivity contribution is 5.81. The van der Waals surface area contributed by atoms with Gasteiger partial charge in [-0.05, 0) is 35.1 Å². The van der Waals surface area contributed by atoms with Crippen LogP contribution in [0.25, 0.3) is 11.1 Å². The summed E-state index contributed by atoms with van der Waals surface area (Å²) >= 11 is 0. The second-order valence-electron chi connectivity index (χ2n) is 6.87. The number of halogens is 3. The maximum absolute atomic E-state index is 12.2. The molecular weight excluding hydrogens is 387 g/mol. The number of carbonyl (C=O) groups is 2. The van der Waals surface area contributed by atoms with Gasteiger partial charge < -0.3 is 15.2 Å². The standard InChI is InChI=1S/C21H20F3NO4/c22-21(23,24)11-5-10-18(19(26)27)25-20(28)29-12-17-15-8-3-1-6-13(15)14-7-2-4-9-16(14)17/h1-4,6-9,17-18H,5,10-12H2,(H,25,28)(H,26,27). The van der Waals surface area contributed by atoms with Crippen molar-refractivity contribution in [2.75, 3.05) is 6.61 Å². The minimum Gasteiger partial charge on any atom is -0.480 e. The van der Waals surface area contributed by atoms with E-state index in [4.69, 9.17) is 9.84 Å². The fourth-order valence-electron chi connectivity index (χ4n) is 3.55. The van der Waals surface area contributed by atoms with Crippen LogP contribution in [0.4, 0.5) is 18.0 Å². The quantitative estimate of drug-likeness (QED) is 0.697. The third kappa shape index (κ3) is 5.07. The van der Waals surface area contributed by atoms with E-state index < -0.39 is 37.1 Å². The fraction of sp³-hybridized carbons (Fsp3) is 0.333. The number of aliphatic carboxylic acids is 1. The van der Waals surface area contributed by atoms with Gasteiger partial charge in [0.25, 0.3) is 0 Å². The van der Waals surface area contributed by atoms with Crippen LogP contribution in [0, 0.1) is 0 Å². The van der Waals surface area contributed by atoms with Gasteiger partial charge in [-0.2, -0.15) is 13.2 Å². The Morgan fingerprint density at radius 2 is 1.59 bits per heavy atom. The van der Waals surface area contributed by atoms with E-state index in [1.807, 2.05) is 48.5 Å². The normalized spacial score (nSPS) is 14.0. The molecule has 8 heteroatoms. The Hall–Kier alpha value is -3.03. The number of benzene rings is 2. The third-order valence-electron chi connectivity index (χ3n) is 4.89. The van der Waals surface area contributed by atoms with Crippen LogP contribution >= 0.6 is 0 Å².